The first kappa shape index (κ1) is 31.2. The Labute approximate surface area is 215 Å². The van der Waals surface area contributed by atoms with Crippen molar-refractivity contribution in [2.24, 2.45) is 5.92 Å². The molecule has 3 atom stereocenters. The lowest BCUT2D eigenvalue weighted by molar-refractivity contribution is -0.0515. The van der Waals surface area contributed by atoms with Crippen LogP contribution >= 0.6 is 0 Å². The van der Waals surface area contributed by atoms with E-state index in [4.69, 9.17) is 18.6 Å². The highest BCUT2D eigenvalue weighted by atomic mass is 28.4. The molecule has 0 aliphatic heterocycles. The molecule has 0 spiro atoms. The van der Waals surface area contributed by atoms with Gasteiger partial charge in [0.15, 0.2) is 8.32 Å². The molecule has 0 bridgehead atoms. The number of methoxy groups -OCH3 is 1. The van der Waals surface area contributed by atoms with Crippen molar-refractivity contribution >= 4 is 14.4 Å². The van der Waals surface area contributed by atoms with E-state index in [1.165, 1.54) is 6.26 Å². The van der Waals surface area contributed by atoms with Crippen LogP contribution in [0.5, 0.6) is 5.75 Å². The molecule has 0 saturated carbocycles. The Morgan fingerprint density at radius 1 is 1.00 bits per heavy atom. The fourth-order valence-electron chi connectivity index (χ4n) is 3.75. The Kier molecular flexibility index (Phi) is 12.0. The van der Waals surface area contributed by atoms with E-state index in [0.29, 0.717) is 6.61 Å². The van der Waals surface area contributed by atoms with Gasteiger partial charge in [0.2, 0.25) is 0 Å². The zero-order valence-corrected chi connectivity index (χ0v) is 25.0. The SMILES string of the molecule is COc1ccc(CO[C@H]([C@H](C)O[Si](C)(C)C(C)(C)C)[C@@H](C)/C=C\OC(=O)N(C(C)C)C(C)C)cc1. The Bertz CT molecular complexity index is 791. The summed E-state index contributed by atoms with van der Waals surface area (Å²) in [7, 11) is -0.343. The van der Waals surface area contributed by atoms with Crippen LogP contribution in [0.1, 0.15) is 67.9 Å². The molecule has 0 unspecified atom stereocenters. The number of nitrogens with zero attached hydrogens (tertiary/aromatic N) is 1. The minimum atomic E-state index is -2.00. The van der Waals surface area contributed by atoms with Gasteiger partial charge in [0.1, 0.15) is 5.75 Å². The lowest BCUT2D eigenvalue weighted by atomic mass is 10.0. The van der Waals surface area contributed by atoms with Gasteiger partial charge >= 0.3 is 6.09 Å². The van der Waals surface area contributed by atoms with Gasteiger partial charge in [-0.1, -0.05) is 39.8 Å². The van der Waals surface area contributed by atoms with Crippen LogP contribution in [-0.4, -0.2) is 50.7 Å². The number of benzene rings is 1. The largest absolute Gasteiger partial charge is 0.497 e. The summed E-state index contributed by atoms with van der Waals surface area (Å²) in [6.45, 7) is 23.7. The van der Waals surface area contributed by atoms with Gasteiger partial charge in [-0.3, -0.25) is 0 Å². The fraction of sp³-hybridized carbons (Fsp3) is 0.679. The van der Waals surface area contributed by atoms with Crippen LogP contribution in [0.2, 0.25) is 18.1 Å². The maximum atomic E-state index is 12.6. The van der Waals surface area contributed by atoms with E-state index in [1.807, 2.05) is 58.0 Å². The Balaban J connectivity index is 3.01. The highest BCUT2D eigenvalue weighted by molar-refractivity contribution is 6.74. The first-order chi connectivity index (χ1) is 16.1. The van der Waals surface area contributed by atoms with E-state index < -0.39 is 8.32 Å². The molecule has 35 heavy (non-hydrogen) atoms. The van der Waals surface area contributed by atoms with Crippen molar-refractivity contribution in [3.63, 3.8) is 0 Å². The van der Waals surface area contributed by atoms with E-state index >= 15 is 0 Å². The standard InChI is InChI=1S/C28H49NO5Si/c1-20(2)29(21(3)4)27(30)32-18-17-22(5)26(23(6)34-35(11,12)28(7,8)9)33-19-24-13-15-25(31-10)16-14-24/h13-18,20-23,26H,19H2,1-12H3/b18-17-/t22-,23-,26-/m0/s1. The number of rotatable bonds is 12. The van der Waals surface area contributed by atoms with E-state index in [1.54, 1.807) is 12.0 Å². The van der Waals surface area contributed by atoms with Gasteiger partial charge in [-0.05, 0) is 76.5 Å². The number of ether oxygens (including phenoxy) is 3. The van der Waals surface area contributed by atoms with Gasteiger partial charge in [-0.25, -0.2) is 4.79 Å². The van der Waals surface area contributed by atoms with Crippen molar-refractivity contribution in [2.75, 3.05) is 7.11 Å². The van der Waals surface area contributed by atoms with Gasteiger partial charge in [-0.15, -0.1) is 0 Å². The number of hydrogen-bond donors (Lipinski definition) is 0. The summed E-state index contributed by atoms with van der Waals surface area (Å²) in [5.74, 6) is 0.780. The van der Waals surface area contributed by atoms with Gasteiger partial charge in [-0.2, -0.15) is 0 Å². The number of amides is 1. The third-order valence-corrected chi connectivity index (χ3v) is 11.3. The highest BCUT2D eigenvalue weighted by Gasteiger charge is 2.40. The molecule has 6 nitrogen and oxygen atoms in total. The summed E-state index contributed by atoms with van der Waals surface area (Å²) >= 11 is 0. The van der Waals surface area contributed by atoms with Gasteiger partial charge < -0.3 is 23.5 Å². The topological polar surface area (TPSA) is 57.2 Å². The number of carbonyl (C=O) groups is 1. The lowest BCUT2D eigenvalue weighted by Crippen LogP contribution is -2.47. The van der Waals surface area contributed by atoms with Crippen LogP contribution in [0.3, 0.4) is 0 Å². The summed E-state index contributed by atoms with van der Waals surface area (Å²) in [6, 6.07) is 8.00. The molecule has 1 aromatic carbocycles. The number of hydrogen-bond acceptors (Lipinski definition) is 5. The maximum absolute atomic E-state index is 12.6. The molecule has 0 N–H and O–H groups in total. The molecule has 0 heterocycles. The molecule has 0 aliphatic rings. The maximum Gasteiger partial charge on any atom is 0.415 e. The van der Waals surface area contributed by atoms with Crippen LogP contribution in [0.15, 0.2) is 36.6 Å². The van der Waals surface area contributed by atoms with E-state index in [9.17, 15) is 4.79 Å². The molecular weight excluding hydrogens is 458 g/mol. The number of carbonyl (C=O) groups excluding carboxylic acids is 1. The summed E-state index contributed by atoms with van der Waals surface area (Å²) in [5, 5.41) is 0.0908. The summed E-state index contributed by atoms with van der Waals surface area (Å²) < 4.78 is 23.8. The highest BCUT2D eigenvalue weighted by Crippen LogP contribution is 2.38. The molecule has 1 aromatic rings. The normalized spacial score (nSPS) is 15.4. The van der Waals surface area contributed by atoms with Crippen molar-refractivity contribution in [1.82, 2.24) is 4.90 Å². The fourth-order valence-corrected chi connectivity index (χ4v) is 5.16. The molecule has 0 radical (unpaired) electrons. The van der Waals surface area contributed by atoms with Gasteiger partial charge in [0, 0.05) is 18.0 Å². The lowest BCUT2D eigenvalue weighted by Gasteiger charge is -2.41. The van der Waals surface area contributed by atoms with E-state index in [-0.39, 0.29) is 41.3 Å². The molecule has 0 fully saturated rings. The first-order valence-electron chi connectivity index (χ1n) is 12.7. The quantitative estimate of drug-likeness (QED) is 0.218. The van der Waals surface area contributed by atoms with Crippen molar-refractivity contribution in [1.29, 1.82) is 0 Å². The van der Waals surface area contributed by atoms with Crippen molar-refractivity contribution < 1.29 is 23.4 Å². The smallest absolute Gasteiger partial charge is 0.415 e. The van der Waals surface area contributed by atoms with Crippen LogP contribution in [0.4, 0.5) is 4.79 Å². The third-order valence-electron chi connectivity index (χ3n) is 6.74. The third kappa shape index (κ3) is 9.62. The monoisotopic (exact) mass is 507 g/mol. The van der Waals surface area contributed by atoms with Crippen molar-refractivity contribution in [3.8, 4) is 5.75 Å². The average molecular weight is 508 g/mol. The molecule has 0 aromatic heterocycles. The average Bonchev–Trinajstić information content (AvgIpc) is 2.72. The Morgan fingerprint density at radius 2 is 1.54 bits per heavy atom. The predicted octanol–water partition coefficient (Wildman–Crippen LogP) is 7.40. The van der Waals surface area contributed by atoms with Crippen LogP contribution in [-0.2, 0) is 20.5 Å². The second kappa shape index (κ2) is 13.5. The zero-order chi connectivity index (χ0) is 27.0. The summed E-state index contributed by atoms with van der Waals surface area (Å²) in [4.78, 5) is 14.3. The second-order valence-corrected chi connectivity index (χ2v) is 16.1. The van der Waals surface area contributed by atoms with Gasteiger partial charge in [0.25, 0.3) is 0 Å². The van der Waals surface area contributed by atoms with Crippen molar-refractivity contribution in [2.45, 2.75) is 111 Å². The van der Waals surface area contributed by atoms with Crippen LogP contribution in [0, 0.1) is 5.92 Å². The van der Waals surface area contributed by atoms with E-state index in [0.717, 1.165) is 11.3 Å². The van der Waals surface area contributed by atoms with E-state index in [2.05, 4.69) is 47.7 Å². The second-order valence-electron chi connectivity index (χ2n) is 11.4. The molecule has 7 heteroatoms. The minimum Gasteiger partial charge on any atom is -0.497 e. The zero-order valence-electron chi connectivity index (χ0n) is 24.0. The van der Waals surface area contributed by atoms with Crippen molar-refractivity contribution in [3.05, 3.63) is 42.2 Å². The molecule has 200 valence electrons. The van der Waals surface area contributed by atoms with Crippen LogP contribution < -0.4 is 4.74 Å². The first-order valence-corrected chi connectivity index (χ1v) is 15.6. The minimum absolute atomic E-state index is 0.0348. The molecule has 1 rings (SSSR count). The Morgan fingerprint density at radius 3 is 2.00 bits per heavy atom. The predicted molar refractivity (Wildman–Crippen MR) is 146 cm³/mol. The van der Waals surface area contributed by atoms with Gasteiger partial charge in [0.05, 0.1) is 32.2 Å². The summed E-state index contributed by atoms with van der Waals surface area (Å²) in [6.07, 6.45) is 2.69. The summed E-state index contributed by atoms with van der Waals surface area (Å²) in [5.41, 5.74) is 1.06. The molecular formula is C28H49NO5Si. The van der Waals surface area contributed by atoms with Crippen LogP contribution in [0.25, 0.3) is 0 Å². The molecule has 1 amide bonds. The Hall–Kier alpha value is -1.83. The molecule has 0 saturated heterocycles. The molecule has 0 aliphatic carbocycles.